The second-order valence-corrected chi connectivity index (χ2v) is 32.3. The molecule has 0 aromatic heterocycles. The minimum Gasteiger partial charge on any atom is -0.310 e. The van der Waals surface area contributed by atoms with Crippen molar-refractivity contribution >= 4 is 39.7 Å². The molecule has 0 saturated heterocycles. The molecule has 20 rings (SSSR count). The van der Waals surface area contributed by atoms with E-state index in [-0.39, 0.29) is 16.7 Å². The molecule has 17 aromatic rings. The lowest BCUT2D eigenvalue weighted by Gasteiger charge is -2.33. The maximum absolute atomic E-state index is 2.48. The minimum atomic E-state index is -0.200. The molecule has 1 atom stereocenters. The van der Waals surface area contributed by atoms with Crippen LogP contribution in [0.15, 0.2) is 436 Å². The highest BCUT2D eigenvalue weighted by Gasteiger charge is 2.42. The highest BCUT2D eigenvalue weighted by Crippen LogP contribution is 2.57. The molecule has 0 aliphatic heterocycles. The van der Waals surface area contributed by atoms with Crippen molar-refractivity contribution in [2.24, 2.45) is 0 Å². The van der Waals surface area contributed by atoms with Gasteiger partial charge < -0.3 is 9.80 Å². The third-order valence-corrected chi connectivity index (χ3v) is 24.7. The summed E-state index contributed by atoms with van der Waals surface area (Å²) in [7, 11) is 0. The number of rotatable bonds is 17. The number of allylic oxidation sites excluding steroid dienone is 4. The van der Waals surface area contributed by atoms with Gasteiger partial charge in [-0.1, -0.05) is 367 Å². The molecule has 1 unspecified atom stereocenters. The highest BCUT2D eigenvalue weighted by atomic mass is 15.1. The van der Waals surface area contributed by atoms with E-state index < -0.39 is 0 Å². The first-order valence-corrected chi connectivity index (χ1v) is 40.7. The highest BCUT2D eigenvalue weighted by molar-refractivity contribution is 5.95. The number of benzene rings is 17. The van der Waals surface area contributed by atoms with Gasteiger partial charge in [-0.05, 0) is 259 Å². The standard InChI is InChI=1S/C114H86N2/c1-113(2)109-39-21-20-36-103(109)104-68-57-92(74-110(104)113)90-34-22-35-93(72-90)101-71-67-99(76-108(101)87-32-18-9-19-33-87)116(96-62-52-83(53-63-96)79-28-14-7-15-29-79)97-64-54-84(55-65-97)80-40-46-89(47-41-80)102-37-23-38-106-105-69-56-91(73-111(105)114(3,4)112(102)106)85-42-44-88(45-43-85)100-70-66-98(75-107(100)86-30-16-8-17-31-86)115(94-58-48-81(49-59-94)77-24-10-5-11-25-77)95-60-50-82(51-61-95)78-26-12-6-13-27-78/h5-36,38-76,102H,37H2,1-4H3. The van der Waals surface area contributed by atoms with Crippen molar-refractivity contribution in [3.8, 4) is 122 Å². The number of nitrogens with zero attached hydrogens (tertiary/aromatic N) is 2. The predicted molar refractivity (Wildman–Crippen MR) is 491 cm³/mol. The summed E-state index contributed by atoms with van der Waals surface area (Å²) in [6, 6.07) is 155. The molecule has 116 heavy (non-hydrogen) atoms. The first-order valence-electron chi connectivity index (χ1n) is 40.7. The summed E-state index contributed by atoms with van der Waals surface area (Å²) in [6.07, 6.45) is 5.75. The van der Waals surface area contributed by atoms with Crippen LogP contribution in [0, 0.1) is 0 Å². The molecule has 0 N–H and O–H groups in total. The van der Waals surface area contributed by atoms with Gasteiger partial charge in [-0.15, -0.1) is 0 Å². The fraction of sp³-hybridized carbons (Fsp3) is 0.0702. The summed E-state index contributed by atoms with van der Waals surface area (Å²) >= 11 is 0. The number of hydrogen-bond donors (Lipinski definition) is 0. The van der Waals surface area contributed by atoms with Crippen molar-refractivity contribution in [2.75, 3.05) is 9.80 Å². The van der Waals surface area contributed by atoms with Crippen LogP contribution < -0.4 is 9.80 Å². The SMILES string of the molecule is CC1(C)C2=C(C=CCC2c2ccc(-c3ccc(N(c4ccc(-c5ccccc5)cc4)c4ccc(-c5cccc(-c6ccc7c(c6)C(C)(C)c6ccccc6-7)c5)c(-c5ccccc5)c4)cc3)cc2)c2ccc(-c3ccc(-c4ccc(N(c5ccc(-c6ccccc6)cc5)c5ccc(-c6ccccc6)cc5)cc4-c4ccccc4)cc3)cc21. The van der Waals surface area contributed by atoms with Gasteiger partial charge in [0.25, 0.3) is 0 Å². The zero-order valence-corrected chi connectivity index (χ0v) is 65.7. The van der Waals surface area contributed by atoms with E-state index in [4.69, 9.17) is 0 Å². The molecule has 0 saturated carbocycles. The van der Waals surface area contributed by atoms with Gasteiger partial charge in [0.05, 0.1) is 0 Å². The molecule has 2 heteroatoms. The largest absolute Gasteiger partial charge is 0.310 e. The van der Waals surface area contributed by atoms with Crippen molar-refractivity contribution in [3.63, 3.8) is 0 Å². The third-order valence-electron chi connectivity index (χ3n) is 24.7. The fourth-order valence-electron chi connectivity index (χ4n) is 18.7. The number of fused-ring (bicyclic) bond motifs is 5. The Hall–Kier alpha value is -14.2. The van der Waals surface area contributed by atoms with E-state index in [0.717, 1.165) is 40.5 Å². The van der Waals surface area contributed by atoms with E-state index in [1.807, 2.05) is 0 Å². The van der Waals surface area contributed by atoms with Crippen molar-refractivity contribution in [1.29, 1.82) is 0 Å². The van der Waals surface area contributed by atoms with E-state index >= 15 is 0 Å². The van der Waals surface area contributed by atoms with Gasteiger partial charge in [0, 0.05) is 50.9 Å². The van der Waals surface area contributed by atoms with E-state index in [1.165, 1.54) is 161 Å². The molecule has 0 heterocycles. The lowest BCUT2D eigenvalue weighted by atomic mass is 9.71. The van der Waals surface area contributed by atoms with Gasteiger partial charge in [0.2, 0.25) is 0 Å². The second kappa shape index (κ2) is 29.7. The van der Waals surface area contributed by atoms with Crippen LogP contribution in [0.1, 0.15) is 67.9 Å². The van der Waals surface area contributed by atoms with Crippen LogP contribution in [0.25, 0.3) is 128 Å². The topological polar surface area (TPSA) is 6.48 Å². The van der Waals surface area contributed by atoms with Crippen molar-refractivity contribution in [2.45, 2.75) is 50.9 Å². The molecular formula is C114H86N2. The number of hydrogen-bond acceptors (Lipinski definition) is 2. The second-order valence-electron chi connectivity index (χ2n) is 32.3. The van der Waals surface area contributed by atoms with Crippen LogP contribution in [0.4, 0.5) is 34.1 Å². The molecular weight excluding hydrogens is 1400 g/mol. The Morgan fingerprint density at radius 2 is 0.509 bits per heavy atom. The van der Waals surface area contributed by atoms with Crippen LogP contribution in [0.3, 0.4) is 0 Å². The van der Waals surface area contributed by atoms with Gasteiger partial charge in [-0.2, -0.15) is 0 Å². The molecule has 0 amide bonds. The predicted octanol–water partition coefficient (Wildman–Crippen LogP) is 31.4. The Morgan fingerprint density at radius 1 is 0.207 bits per heavy atom. The molecule has 552 valence electrons. The molecule has 0 spiro atoms. The van der Waals surface area contributed by atoms with Gasteiger partial charge in [-0.25, -0.2) is 0 Å². The third kappa shape index (κ3) is 13.1. The molecule has 0 fully saturated rings. The summed E-state index contributed by atoms with van der Waals surface area (Å²) < 4.78 is 0. The maximum atomic E-state index is 2.48. The summed E-state index contributed by atoms with van der Waals surface area (Å²) in [5, 5.41) is 0. The average molecular weight is 1480 g/mol. The summed E-state index contributed by atoms with van der Waals surface area (Å²) in [5.41, 5.74) is 42.4. The molecule has 0 radical (unpaired) electrons. The van der Waals surface area contributed by atoms with Crippen LogP contribution in [-0.2, 0) is 10.8 Å². The Morgan fingerprint density at radius 3 is 0.983 bits per heavy atom. The van der Waals surface area contributed by atoms with E-state index in [2.05, 4.69) is 468 Å². The van der Waals surface area contributed by atoms with Crippen LogP contribution in [0.5, 0.6) is 0 Å². The Labute approximate surface area is 682 Å². The quantitative estimate of drug-likeness (QED) is 0.0896. The summed E-state index contributed by atoms with van der Waals surface area (Å²) in [6.45, 7) is 9.62. The maximum Gasteiger partial charge on any atom is 0.0468 e. The van der Waals surface area contributed by atoms with E-state index in [1.54, 1.807) is 0 Å². The average Bonchev–Trinajstić information content (AvgIpc) is 1.57. The van der Waals surface area contributed by atoms with Crippen LogP contribution in [-0.4, -0.2) is 0 Å². The number of anilines is 6. The molecule has 3 aliphatic carbocycles. The van der Waals surface area contributed by atoms with Gasteiger partial charge in [0.1, 0.15) is 0 Å². The van der Waals surface area contributed by atoms with Gasteiger partial charge in [-0.3, -0.25) is 0 Å². The van der Waals surface area contributed by atoms with Crippen LogP contribution in [0.2, 0.25) is 0 Å². The smallest absolute Gasteiger partial charge is 0.0468 e. The van der Waals surface area contributed by atoms with Crippen molar-refractivity contribution < 1.29 is 0 Å². The molecule has 3 aliphatic rings. The Bertz CT molecular complexity index is 6480. The van der Waals surface area contributed by atoms with Crippen molar-refractivity contribution in [1.82, 2.24) is 0 Å². The first-order chi connectivity index (χ1) is 57.0. The van der Waals surface area contributed by atoms with Gasteiger partial charge in [0.15, 0.2) is 0 Å². The van der Waals surface area contributed by atoms with Crippen LogP contribution >= 0.6 is 0 Å². The van der Waals surface area contributed by atoms with E-state index in [0.29, 0.717) is 0 Å². The zero-order chi connectivity index (χ0) is 77.9. The lowest BCUT2D eigenvalue weighted by molar-refractivity contribution is 0.573. The Kier molecular flexibility index (Phi) is 18.2. The zero-order valence-electron chi connectivity index (χ0n) is 65.7. The van der Waals surface area contributed by atoms with Gasteiger partial charge >= 0.3 is 0 Å². The normalized spacial score (nSPS) is 14.0. The summed E-state index contributed by atoms with van der Waals surface area (Å²) in [4.78, 5) is 4.80. The van der Waals surface area contributed by atoms with E-state index in [9.17, 15) is 0 Å². The molecule has 2 nitrogen and oxygen atoms in total. The lowest BCUT2D eigenvalue weighted by Crippen LogP contribution is -2.23. The summed E-state index contributed by atoms with van der Waals surface area (Å²) in [5.74, 6) is 0.239. The minimum absolute atomic E-state index is 0.0850. The molecule has 0 bridgehead atoms. The molecule has 17 aromatic carbocycles. The fourth-order valence-corrected chi connectivity index (χ4v) is 18.7. The Balaban J connectivity index is 0.574. The monoisotopic (exact) mass is 1480 g/mol. The first kappa shape index (κ1) is 70.9. The van der Waals surface area contributed by atoms with Crippen molar-refractivity contribution in [3.05, 3.63) is 464 Å².